The summed E-state index contributed by atoms with van der Waals surface area (Å²) in [5.41, 5.74) is 1.25. The minimum Gasteiger partial charge on any atom is -0.504 e. The van der Waals surface area contributed by atoms with E-state index in [0.29, 0.717) is 23.4 Å². The molecule has 7 nitrogen and oxygen atoms in total. The third-order valence-electron chi connectivity index (χ3n) is 4.49. The van der Waals surface area contributed by atoms with Gasteiger partial charge in [0.1, 0.15) is 5.57 Å². The largest absolute Gasteiger partial charge is 0.504 e. The first-order valence-electron chi connectivity index (χ1n) is 8.48. The van der Waals surface area contributed by atoms with Crippen LogP contribution in [0.3, 0.4) is 0 Å². The number of benzene rings is 1. The van der Waals surface area contributed by atoms with Gasteiger partial charge in [-0.3, -0.25) is 25.1 Å². The van der Waals surface area contributed by atoms with Crippen LogP contribution >= 0.6 is 12.2 Å². The monoisotopic (exact) mass is 375 g/mol. The Hall–Kier alpha value is -2.45. The summed E-state index contributed by atoms with van der Waals surface area (Å²) in [6, 6.07) is 3.36. The van der Waals surface area contributed by atoms with Gasteiger partial charge in [0, 0.05) is 12.1 Å². The second-order valence-corrected chi connectivity index (χ2v) is 6.77. The summed E-state index contributed by atoms with van der Waals surface area (Å²) in [4.78, 5) is 26.3. The maximum atomic E-state index is 12.0. The van der Waals surface area contributed by atoms with E-state index in [2.05, 4.69) is 15.5 Å². The molecule has 0 radical (unpaired) electrons. The molecule has 2 fully saturated rings. The van der Waals surface area contributed by atoms with Crippen molar-refractivity contribution in [2.24, 2.45) is 0 Å². The molecule has 26 heavy (non-hydrogen) atoms. The van der Waals surface area contributed by atoms with Crippen molar-refractivity contribution in [2.45, 2.75) is 25.8 Å². The number of phenolic OH excluding ortho intramolecular Hbond substituents is 1. The molecule has 2 saturated heterocycles. The molecule has 2 amide bonds. The molecule has 0 aliphatic carbocycles. The van der Waals surface area contributed by atoms with Crippen LogP contribution in [0.25, 0.3) is 6.08 Å². The van der Waals surface area contributed by atoms with E-state index in [4.69, 9.17) is 17.0 Å². The normalized spacial score (nSPS) is 18.3. The van der Waals surface area contributed by atoms with Crippen molar-refractivity contribution in [1.82, 2.24) is 15.5 Å². The average Bonchev–Trinajstić information content (AvgIpc) is 2.61. The van der Waals surface area contributed by atoms with Crippen molar-refractivity contribution < 1.29 is 19.4 Å². The van der Waals surface area contributed by atoms with E-state index < -0.39 is 11.8 Å². The van der Waals surface area contributed by atoms with Gasteiger partial charge in [0.15, 0.2) is 16.6 Å². The van der Waals surface area contributed by atoms with Gasteiger partial charge < -0.3 is 9.84 Å². The van der Waals surface area contributed by atoms with Crippen molar-refractivity contribution in [2.75, 3.05) is 20.2 Å². The van der Waals surface area contributed by atoms with Gasteiger partial charge >= 0.3 is 0 Å². The zero-order valence-electron chi connectivity index (χ0n) is 14.5. The van der Waals surface area contributed by atoms with Gasteiger partial charge in [0.05, 0.1) is 7.11 Å². The van der Waals surface area contributed by atoms with E-state index in [1.54, 1.807) is 12.1 Å². The lowest BCUT2D eigenvalue weighted by molar-refractivity contribution is -0.123. The number of phenols is 1. The van der Waals surface area contributed by atoms with E-state index in [0.717, 1.165) is 25.9 Å². The lowest BCUT2D eigenvalue weighted by Gasteiger charge is -2.27. The first-order valence-corrected chi connectivity index (χ1v) is 8.89. The molecular formula is C18H21N3O4S. The summed E-state index contributed by atoms with van der Waals surface area (Å²) in [5.74, 6) is -0.718. The van der Waals surface area contributed by atoms with Crippen LogP contribution in [0.2, 0.25) is 0 Å². The van der Waals surface area contributed by atoms with E-state index in [1.807, 2.05) is 0 Å². The summed E-state index contributed by atoms with van der Waals surface area (Å²) >= 11 is 4.80. The molecule has 0 bridgehead atoms. The Balaban J connectivity index is 1.93. The molecule has 0 aromatic heterocycles. The van der Waals surface area contributed by atoms with Gasteiger partial charge in [-0.1, -0.05) is 6.42 Å². The number of rotatable bonds is 4. The summed E-state index contributed by atoms with van der Waals surface area (Å²) in [5, 5.41) is 15.2. The van der Waals surface area contributed by atoms with Gasteiger partial charge in [-0.25, -0.2) is 0 Å². The molecule has 2 aliphatic heterocycles. The molecule has 0 saturated carbocycles. The Kier molecular flexibility index (Phi) is 5.53. The minimum atomic E-state index is -0.552. The number of hydrogen-bond donors (Lipinski definition) is 3. The lowest BCUT2D eigenvalue weighted by Crippen LogP contribution is -2.51. The quantitative estimate of drug-likeness (QED) is 0.418. The second kappa shape index (κ2) is 7.84. The number of piperidine rings is 1. The molecule has 1 aromatic carbocycles. The lowest BCUT2D eigenvalue weighted by atomic mass is 10.0. The predicted octanol–water partition coefficient (Wildman–Crippen LogP) is 1.30. The second-order valence-electron chi connectivity index (χ2n) is 6.36. The zero-order valence-corrected chi connectivity index (χ0v) is 15.3. The van der Waals surface area contributed by atoms with Crippen molar-refractivity contribution >= 4 is 35.2 Å². The van der Waals surface area contributed by atoms with Crippen molar-refractivity contribution in [3.63, 3.8) is 0 Å². The molecule has 0 spiro atoms. The first-order chi connectivity index (χ1) is 12.5. The van der Waals surface area contributed by atoms with Crippen LogP contribution in [-0.4, -0.2) is 47.1 Å². The topological polar surface area (TPSA) is 90.9 Å². The smallest absolute Gasteiger partial charge is 0.263 e. The number of nitrogens with zero attached hydrogens (tertiary/aromatic N) is 1. The molecule has 138 valence electrons. The first kappa shape index (κ1) is 18.3. The maximum absolute atomic E-state index is 12.0. The van der Waals surface area contributed by atoms with Crippen LogP contribution in [0, 0.1) is 0 Å². The summed E-state index contributed by atoms with van der Waals surface area (Å²) in [7, 11) is 1.47. The van der Waals surface area contributed by atoms with Crippen LogP contribution in [0.1, 0.15) is 30.4 Å². The van der Waals surface area contributed by atoms with Crippen molar-refractivity contribution in [1.29, 1.82) is 0 Å². The van der Waals surface area contributed by atoms with E-state index in [1.165, 1.54) is 19.6 Å². The molecular weight excluding hydrogens is 354 g/mol. The maximum Gasteiger partial charge on any atom is 0.263 e. The SMILES string of the molecule is COc1cc(C=C2C(=O)NC(=S)NC2=O)cc(CN2CCCCC2)c1O. The highest BCUT2D eigenvalue weighted by Gasteiger charge is 2.26. The molecule has 8 heteroatoms. The summed E-state index contributed by atoms with van der Waals surface area (Å²) in [6.45, 7) is 2.55. The number of thiocarbonyl (C=S) groups is 1. The predicted molar refractivity (Wildman–Crippen MR) is 101 cm³/mol. The summed E-state index contributed by atoms with van der Waals surface area (Å²) < 4.78 is 5.26. The van der Waals surface area contributed by atoms with E-state index in [9.17, 15) is 14.7 Å². The number of carbonyl (C=O) groups excluding carboxylic acids is 2. The highest BCUT2D eigenvalue weighted by molar-refractivity contribution is 7.80. The molecule has 2 heterocycles. The molecule has 0 unspecified atom stereocenters. The highest BCUT2D eigenvalue weighted by Crippen LogP contribution is 2.33. The van der Waals surface area contributed by atoms with Crippen LogP contribution in [0.5, 0.6) is 11.5 Å². The van der Waals surface area contributed by atoms with Gasteiger partial charge in [-0.2, -0.15) is 0 Å². The fraction of sp³-hybridized carbons (Fsp3) is 0.389. The number of likely N-dealkylation sites (tertiary alicyclic amines) is 1. The van der Waals surface area contributed by atoms with E-state index >= 15 is 0 Å². The van der Waals surface area contributed by atoms with Crippen LogP contribution < -0.4 is 15.4 Å². The number of nitrogens with one attached hydrogen (secondary N) is 2. The Morgan fingerprint density at radius 3 is 2.46 bits per heavy atom. The number of ether oxygens (including phenoxy) is 1. The number of carbonyl (C=O) groups is 2. The highest BCUT2D eigenvalue weighted by atomic mass is 32.1. The van der Waals surface area contributed by atoms with E-state index in [-0.39, 0.29) is 16.4 Å². The number of hydrogen-bond acceptors (Lipinski definition) is 6. The van der Waals surface area contributed by atoms with Crippen molar-refractivity contribution in [3.05, 3.63) is 28.8 Å². The zero-order chi connectivity index (χ0) is 18.7. The molecule has 2 aliphatic rings. The number of aromatic hydroxyl groups is 1. The molecule has 0 atom stereocenters. The minimum absolute atomic E-state index is 0.00813. The van der Waals surface area contributed by atoms with Crippen LogP contribution in [-0.2, 0) is 16.1 Å². The number of methoxy groups -OCH3 is 1. The third kappa shape index (κ3) is 4.03. The standard InChI is InChI=1S/C18H21N3O4S/c1-25-14-9-11(8-13-16(23)19-18(26)20-17(13)24)7-12(15(14)22)10-21-5-3-2-4-6-21/h7-9,22H,2-6,10H2,1H3,(H2,19,20,23,24,26). The Morgan fingerprint density at radius 2 is 1.85 bits per heavy atom. The Labute approximate surface area is 157 Å². The van der Waals surface area contributed by atoms with Gasteiger partial charge in [-0.15, -0.1) is 0 Å². The molecule has 3 N–H and O–H groups in total. The fourth-order valence-corrected chi connectivity index (χ4v) is 3.37. The Morgan fingerprint density at radius 1 is 1.19 bits per heavy atom. The third-order valence-corrected chi connectivity index (χ3v) is 4.70. The Bertz CT molecular complexity index is 763. The molecule has 3 rings (SSSR count). The fourth-order valence-electron chi connectivity index (χ4n) is 3.18. The van der Waals surface area contributed by atoms with Gasteiger partial charge in [-0.05, 0) is 61.9 Å². The van der Waals surface area contributed by atoms with Gasteiger partial charge in [0.25, 0.3) is 11.8 Å². The summed E-state index contributed by atoms with van der Waals surface area (Å²) in [6.07, 6.45) is 4.97. The molecule has 1 aromatic rings. The van der Waals surface area contributed by atoms with Crippen LogP contribution in [0.4, 0.5) is 0 Å². The number of amides is 2. The average molecular weight is 375 g/mol. The van der Waals surface area contributed by atoms with Crippen LogP contribution in [0.15, 0.2) is 17.7 Å². The van der Waals surface area contributed by atoms with Crippen molar-refractivity contribution in [3.8, 4) is 11.5 Å². The van der Waals surface area contributed by atoms with Gasteiger partial charge in [0.2, 0.25) is 0 Å².